The van der Waals surface area contributed by atoms with Crippen LogP contribution in [0.5, 0.6) is 11.5 Å². The maximum Gasteiger partial charge on any atom is 0.338 e. The van der Waals surface area contributed by atoms with Crippen LogP contribution in [0.3, 0.4) is 0 Å². The number of ketones is 1. The first kappa shape index (κ1) is 21.8. The van der Waals surface area contributed by atoms with Gasteiger partial charge in [0.1, 0.15) is 6.61 Å². The third kappa shape index (κ3) is 5.82. The van der Waals surface area contributed by atoms with Gasteiger partial charge in [-0.25, -0.2) is 4.79 Å². The van der Waals surface area contributed by atoms with Crippen LogP contribution in [0.2, 0.25) is 0 Å². The van der Waals surface area contributed by atoms with Crippen LogP contribution in [0, 0.1) is 0 Å². The molecule has 0 aliphatic rings. The van der Waals surface area contributed by atoms with Crippen molar-refractivity contribution < 1.29 is 23.8 Å². The Labute approximate surface area is 181 Å². The average Bonchev–Trinajstić information content (AvgIpc) is 2.82. The Morgan fingerprint density at radius 2 is 1.52 bits per heavy atom. The van der Waals surface area contributed by atoms with Crippen molar-refractivity contribution in [3.05, 3.63) is 96.6 Å². The number of rotatable bonds is 10. The van der Waals surface area contributed by atoms with Crippen LogP contribution in [0.1, 0.15) is 27.6 Å². The maximum absolute atomic E-state index is 12.4. The van der Waals surface area contributed by atoms with Gasteiger partial charge in [0, 0.05) is 5.56 Å². The molecule has 0 amide bonds. The van der Waals surface area contributed by atoms with E-state index in [1.54, 1.807) is 36.4 Å². The largest absolute Gasteiger partial charge is 0.490 e. The average molecular weight is 416 g/mol. The van der Waals surface area contributed by atoms with Crippen molar-refractivity contribution in [3.63, 3.8) is 0 Å². The predicted molar refractivity (Wildman–Crippen MR) is 120 cm³/mol. The van der Waals surface area contributed by atoms with Crippen molar-refractivity contribution in [2.75, 3.05) is 19.8 Å². The molecule has 0 aliphatic carbocycles. The van der Waals surface area contributed by atoms with Gasteiger partial charge in [-0.1, -0.05) is 67.3 Å². The summed E-state index contributed by atoms with van der Waals surface area (Å²) in [5.41, 5.74) is 2.84. The highest BCUT2D eigenvalue weighted by Gasteiger charge is 2.15. The lowest BCUT2D eigenvalue weighted by Crippen LogP contribution is -2.14. The van der Waals surface area contributed by atoms with Gasteiger partial charge >= 0.3 is 5.97 Å². The minimum Gasteiger partial charge on any atom is -0.490 e. The van der Waals surface area contributed by atoms with E-state index in [9.17, 15) is 9.59 Å². The van der Waals surface area contributed by atoms with Crippen LogP contribution in [0.25, 0.3) is 11.1 Å². The molecule has 3 rings (SSSR count). The lowest BCUT2D eigenvalue weighted by Gasteiger charge is -2.12. The molecular weight excluding hydrogens is 392 g/mol. The standard InChI is InChI=1S/C26H24O5/c1-3-16-30-24-15-14-22(17-25(24)29-4-2)26(28)31-18-23(27)21-12-10-20(11-13-21)19-8-6-5-7-9-19/h3,5-15,17H,1,4,16,18H2,2H3. The van der Waals surface area contributed by atoms with Crippen molar-refractivity contribution in [2.45, 2.75) is 6.92 Å². The van der Waals surface area contributed by atoms with Crippen LogP contribution in [0.4, 0.5) is 0 Å². The first-order chi connectivity index (χ1) is 15.1. The molecule has 158 valence electrons. The van der Waals surface area contributed by atoms with Gasteiger partial charge in [0.25, 0.3) is 0 Å². The number of Topliss-reactive ketones (excluding diaryl/α,β-unsaturated/α-hetero) is 1. The zero-order valence-electron chi connectivity index (χ0n) is 17.4. The third-order valence-corrected chi connectivity index (χ3v) is 4.48. The molecule has 5 nitrogen and oxygen atoms in total. The molecule has 0 unspecified atom stereocenters. The lowest BCUT2D eigenvalue weighted by molar-refractivity contribution is 0.0474. The number of hydrogen-bond acceptors (Lipinski definition) is 5. The SMILES string of the molecule is C=CCOc1ccc(C(=O)OCC(=O)c2ccc(-c3ccccc3)cc2)cc1OCC. The number of benzene rings is 3. The Kier molecular flexibility index (Phi) is 7.60. The summed E-state index contributed by atoms with van der Waals surface area (Å²) in [6.45, 7) is 5.84. The van der Waals surface area contributed by atoms with E-state index in [4.69, 9.17) is 14.2 Å². The number of esters is 1. The molecule has 31 heavy (non-hydrogen) atoms. The first-order valence-electron chi connectivity index (χ1n) is 9.98. The molecule has 0 aliphatic heterocycles. The smallest absolute Gasteiger partial charge is 0.338 e. The zero-order valence-corrected chi connectivity index (χ0v) is 17.4. The van der Waals surface area contributed by atoms with E-state index in [0.717, 1.165) is 11.1 Å². The summed E-state index contributed by atoms with van der Waals surface area (Å²) in [5, 5.41) is 0. The van der Waals surface area contributed by atoms with Crippen LogP contribution in [-0.2, 0) is 4.74 Å². The van der Waals surface area contributed by atoms with Crippen LogP contribution in [0.15, 0.2) is 85.5 Å². The molecule has 0 spiro atoms. The molecule has 0 aromatic heterocycles. The van der Waals surface area contributed by atoms with Crippen molar-refractivity contribution >= 4 is 11.8 Å². The predicted octanol–water partition coefficient (Wildman–Crippen LogP) is 5.36. The molecule has 0 fully saturated rings. The van der Waals surface area contributed by atoms with E-state index >= 15 is 0 Å². The summed E-state index contributed by atoms with van der Waals surface area (Å²) < 4.78 is 16.3. The minimum atomic E-state index is -0.606. The number of carbonyl (C=O) groups is 2. The number of hydrogen-bond donors (Lipinski definition) is 0. The highest BCUT2D eigenvalue weighted by atomic mass is 16.5. The fraction of sp³-hybridized carbons (Fsp3) is 0.154. The zero-order chi connectivity index (χ0) is 22.1. The van der Waals surface area contributed by atoms with Gasteiger partial charge in [-0.05, 0) is 36.2 Å². The molecule has 0 heterocycles. The Morgan fingerprint density at radius 1 is 0.839 bits per heavy atom. The molecule has 3 aromatic rings. The van der Waals surface area contributed by atoms with E-state index in [0.29, 0.717) is 30.3 Å². The van der Waals surface area contributed by atoms with Crippen molar-refractivity contribution in [3.8, 4) is 22.6 Å². The van der Waals surface area contributed by atoms with Gasteiger partial charge in [0.15, 0.2) is 23.9 Å². The Balaban J connectivity index is 1.62. The normalized spacial score (nSPS) is 10.2. The van der Waals surface area contributed by atoms with Gasteiger partial charge < -0.3 is 14.2 Å². The summed E-state index contributed by atoms with van der Waals surface area (Å²) in [5.74, 6) is 0.0592. The summed E-state index contributed by atoms with van der Waals surface area (Å²) >= 11 is 0. The summed E-state index contributed by atoms with van der Waals surface area (Å²) in [7, 11) is 0. The number of carbonyl (C=O) groups excluding carboxylic acids is 2. The summed E-state index contributed by atoms with van der Waals surface area (Å²) in [4.78, 5) is 24.9. The van der Waals surface area contributed by atoms with Crippen LogP contribution < -0.4 is 9.47 Å². The van der Waals surface area contributed by atoms with Crippen molar-refractivity contribution in [1.82, 2.24) is 0 Å². The molecule has 0 bridgehead atoms. The van der Waals surface area contributed by atoms with E-state index in [1.165, 1.54) is 0 Å². The first-order valence-corrected chi connectivity index (χ1v) is 9.98. The quantitative estimate of drug-likeness (QED) is 0.253. The molecule has 0 N–H and O–H groups in total. The third-order valence-electron chi connectivity index (χ3n) is 4.48. The molecule has 0 atom stereocenters. The fourth-order valence-corrected chi connectivity index (χ4v) is 2.95. The van der Waals surface area contributed by atoms with Gasteiger partial charge in [-0.2, -0.15) is 0 Å². The second-order valence-corrected chi connectivity index (χ2v) is 6.64. The van der Waals surface area contributed by atoms with Crippen LogP contribution >= 0.6 is 0 Å². The van der Waals surface area contributed by atoms with E-state index in [2.05, 4.69) is 6.58 Å². The Bertz CT molecular complexity index is 1040. The highest BCUT2D eigenvalue weighted by molar-refractivity contribution is 5.99. The van der Waals surface area contributed by atoms with Crippen LogP contribution in [-0.4, -0.2) is 31.6 Å². The number of ether oxygens (including phenoxy) is 3. The topological polar surface area (TPSA) is 61.8 Å². The molecule has 0 radical (unpaired) electrons. The maximum atomic E-state index is 12.4. The van der Waals surface area contributed by atoms with Crippen molar-refractivity contribution in [2.24, 2.45) is 0 Å². The van der Waals surface area contributed by atoms with E-state index < -0.39 is 5.97 Å². The fourth-order valence-electron chi connectivity index (χ4n) is 2.95. The van der Waals surface area contributed by atoms with Gasteiger partial charge in [0.05, 0.1) is 12.2 Å². The molecule has 0 saturated carbocycles. The Morgan fingerprint density at radius 3 is 2.19 bits per heavy atom. The van der Waals surface area contributed by atoms with E-state index in [-0.39, 0.29) is 18.0 Å². The lowest BCUT2D eigenvalue weighted by atomic mass is 10.0. The van der Waals surface area contributed by atoms with Gasteiger partial charge in [-0.3, -0.25) is 4.79 Å². The van der Waals surface area contributed by atoms with Gasteiger partial charge in [0.2, 0.25) is 0 Å². The Hall–Kier alpha value is -3.86. The molecular formula is C26H24O5. The second-order valence-electron chi connectivity index (χ2n) is 6.64. The van der Waals surface area contributed by atoms with E-state index in [1.807, 2.05) is 49.4 Å². The highest BCUT2D eigenvalue weighted by Crippen LogP contribution is 2.29. The second kappa shape index (κ2) is 10.8. The summed E-state index contributed by atoms with van der Waals surface area (Å²) in [6, 6.07) is 21.9. The van der Waals surface area contributed by atoms with Crippen molar-refractivity contribution in [1.29, 1.82) is 0 Å². The molecule has 5 heteroatoms. The molecule has 0 saturated heterocycles. The summed E-state index contributed by atoms with van der Waals surface area (Å²) in [6.07, 6.45) is 1.62. The van der Waals surface area contributed by atoms with Gasteiger partial charge in [-0.15, -0.1) is 0 Å². The molecule has 3 aromatic carbocycles. The monoisotopic (exact) mass is 416 g/mol. The minimum absolute atomic E-state index is 0.274.